The fraction of sp³-hybridized carbons (Fsp3) is 0.528. The maximum Gasteiger partial charge on any atom is 0.335 e. The lowest BCUT2D eigenvalue weighted by atomic mass is 9.65. The lowest BCUT2D eigenvalue weighted by Gasteiger charge is -2.48. The molecule has 9 nitrogen and oxygen atoms in total. The van der Waals surface area contributed by atoms with Gasteiger partial charge in [0.15, 0.2) is 0 Å². The number of aryl methyl sites for hydroxylation is 1. The van der Waals surface area contributed by atoms with Gasteiger partial charge in [0.25, 0.3) is 0 Å². The van der Waals surface area contributed by atoms with Crippen molar-refractivity contribution in [3.63, 3.8) is 0 Å². The van der Waals surface area contributed by atoms with Crippen molar-refractivity contribution < 1.29 is 27.8 Å². The number of anilines is 1. The highest BCUT2D eigenvalue weighted by atomic mass is 35.5. The molecule has 250 valence electrons. The maximum absolute atomic E-state index is 13.5. The molecule has 47 heavy (non-hydrogen) atoms. The van der Waals surface area contributed by atoms with Crippen LogP contribution in [0.1, 0.15) is 72.9 Å². The number of nitrogens with zero attached hydrogens (tertiary/aromatic N) is 3. The average molecular weight is 680 g/mol. The van der Waals surface area contributed by atoms with E-state index in [1.807, 2.05) is 6.07 Å². The number of hydrogen-bond acceptors (Lipinski definition) is 8. The van der Waals surface area contributed by atoms with Crippen molar-refractivity contribution in [2.24, 2.45) is 17.8 Å². The van der Waals surface area contributed by atoms with Gasteiger partial charge in [-0.3, -0.25) is 0 Å². The Labute approximate surface area is 281 Å². The fourth-order valence-electron chi connectivity index (χ4n) is 8.84. The van der Waals surface area contributed by atoms with Crippen molar-refractivity contribution in [1.29, 1.82) is 0 Å². The summed E-state index contributed by atoms with van der Waals surface area (Å²) in [5.41, 5.74) is 3.31. The molecule has 0 unspecified atom stereocenters. The van der Waals surface area contributed by atoms with Crippen LogP contribution in [0.4, 0.5) is 5.69 Å². The van der Waals surface area contributed by atoms with Gasteiger partial charge >= 0.3 is 5.97 Å². The molecule has 0 bridgehead atoms. The van der Waals surface area contributed by atoms with Crippen LogP contribution in [0.5, 0.6) is 5.75 Å². The summed E-state index contributed by atoms with van der Waals surface area (Å²) in [4.78, 5) is 22.6. The lowest BCUT2D eigenvalue weighted by molar-refractivity contribution is -0.0589. The molecule has 0 saturated heterocycles. The molecule has 0 radical (unpaired) electrons. The Balaban J connectivity index is 1.16. The summed E-state index contributed by atoms with van der Waals surface area (Å²) >= 11 is 6.42. The van der Waals surface area contributed by atoms with Crippen LogP contribution >= 0.6 is 11.6 Å². The fourth-order valence-corrected chi connectivity index (χ4v) is 10.7. The molecule has 0 amide bonds. The number of ether oxygens (including phenoxy) is 2. The molecule has 2 saturated carbocycles. The largest absolute Gasteiger partial charge is 0.490 e. The summed E-state index contributed by atoms with van der Waals surface area (Å²) in [6.45, 7) is 1.95. The van der Waals surface area contributed by atoms with Gasteiger partial charge in [0, 0.05) is 43.0 Å². The normalized spacial score (nSPS) is 27.9. The Morgan fingerprint density at radius 2 is 1.96 bits per heavy atom. The molecule has 11 heteroatoms. The highest BCUT2D eigenvalue weighted by molar-refractivity contribution is 7.91. The molecule has 3 aliphatic carbocycles. The molecule has 1 aliphatic heterocycles. The minimum atomic E-state index is -3.64. The van der Waals surface area contributed by atoms with Crippen molar-refractivity contribution in [3.8, 4) is 5.75 Å². The van der Waals surface area contributed by atoms with Gasteiger partial charge in [-0.25, -0.2) is 23.2 Å². The minimum Gasteiger partial charge on any atom is -0.490 e. The van der Waals surface area contributed by atoms with E-state index in [0.29, 0.717) is 37.7 Å². The second kappa shape index (κ2) is 13.0. The highest BCUT2D eigenvalue weighted by Gasteiger charge is 2.47. The molecule has 3 aromatic rings. The third-order valence-corrected chi connectivity index (χ3v) is 13.5. The summed E-state index contributed by atoms with van der Waals surface area (Å²) < 4.78 is 39.7. The standard InChI is InChI=1S/C36H42ClN3O6S/c1-45-33(24-5-2-7-28(18-24)47(43,44)35-38-15-4-16-39-35)29-11-8-26(29)20-40-21-36(14-3-6-23-17-27(37)10-12-30(23)36)22-46-32-13-9-25(34(41)42)19-31(32)40/h4,9-10,12-13,15-17,19,24,26,28-29,33H,2-3,5-8,11,14,18,20-22H2,1H3,(H,41,42)/t24-,26+,28+,29-,33+,36+/m1/s1. The van der Waals surface area contributed by atoms with Crippen LogP contribution < -0.4 is 9.64 Å². The predicted molar refractivity (Wildman–Crippen MR) is 179 cm³/mol. The molecule has 2 heterocycles. The molecular weight excluding hydrogens is 638 g/mol. The molecule has 2 fully saturated rings. The summed E-state index contributed by atoms with van der Waals surface area (Å²) in [6.07, 6.45) is 10.8. The van der Waals surface area contributed by atoms with Gasteiger partial charge in [-0.15, -0.1) is 0 Å². The van der Waals surface area contributed by atoms with Gasteiger partial charge in [-0.05, 0) is 117 Å². The maximum atomic E-state index is 13.5. The predicted octanol–water partition coefficient (Wildman–Crippen LogP) is 6.38. The zero-order valence-corrected chi connectivity index (χ0v) is 28.3. The number of methoxy groups -OCH3 is 1. The Bertz CT molecular complexity index is 1740. The van der Waals surface area contributed by atoms with Gasteiger partial charge in [0.1, 0.15) is 5.75 Å². The number of carbonyl (C=O) groups is 1. The average Bonchev–Trinajstić information content (AvgIpc) is 3.22. The van der Waals surface area contributed by atoms with Crippen LogP contribution in [0.15, 0.2) is 60.0 Å². The molecular formula is C36H42ClN3O6S. The summed E-state index contributed by atoms with van der Waals surface area (Å²) in [7, 11) is -1.88. The molecule has 1 spiro atoms. The van der Waals surface area contributed by atoms with Gasteiger partial charge in [0.05, 0.1) is 29.2 Å². The van der Waals surface area contributed by atoms with E-state index in [1.165, 1.54) is 23.5 Å². The Hall–Kier alpha value is -3.21. The van der Waals surface area contributed by atoms with Crippen molar-refractivity contribution >= 4 is 33.1 Å². The zero-order valence-electron chi connectivity index (χ0n) is 26.7. The van der Waals surface area contributed by atoms with Crippen LogP contribution in [-0.2, 0) is 26.4 Å². The quantitative estimate of drug-likeness (QED) is 0.271. The summed E-state index contributed by atoms with van der Waals surface area (Å²) in [5, 5.41) is 10.0. The van der Waals surface area contributed by atoms with E-state index >= 15 is 0 Å². The first-order valence-electron chi connectivity index (χ1n) is 16.8. The zero-order chi connectivity index (χ0) is 32.8. The van der Waals surface area contributed by atoms with Gasteiger partial charge < -0.3 is 19.5 Å². The monoisotopic (exact) mass is 679 g/mol. The topological polar surface area (TPSA) is 119 Å². The summed E-state index contributed by atoms with van der Waals surface area (Å²) in [5.74, 6) is 0.426. The number of hydrogen-bond donors (Lipinski definition) is 1. The Morgan fingerprint density at radius 1 is 1.13 bits per heavy atom. The molecule has 4 aliphatic rings. The molecule has 2 aromatic carbocycles. The first kappa shape index (κ1) is 32.3. The molecule has 7 rings (SSSR count). The van der Waals surface area contributed by atoms with E-state index in [1.54, 1.807) is 31.4 Å². The third kappa shape index (κ3) is 6.13. The number of aromatic carboxylic acids is 1. The number of sulfone groups is 1. The van der Waals surface area contributed by atoms with Gasteiger partial charge in [-0.2, -0.15) is 0 Å². The van der Waals surface area contributed by atoms with E-state index in [2.05, 4.69) is 27.0 Å². The molecule has 6 atom stereocenters. The first-order chi connectivity index (χ1) is 22.7. The number of carboxylic acid groups (broad SMARTS) is 1. The lowest BCUT2D eigenvalue weighted by Crippen LogP contribution is -2.51. The van der Waals surface area contributed by atoms with Crippen molar-refractivity contribution in [3.05, 3.63) is 76.6 Å². The van der Waals surface area contributed by atoms with Crippen LogP contribution in [0, 0.1) is 17.8 Å². The molecule has 1 aromatic heterocycles. The van der Waals surface area contributed by atoms with E-state index in [9.17, 15) is 18.3 Å². The van der Waals surface area contributed by atoms with Gasteiger partial charge in [-0.1, -0.05) is 24.1 Å². The van der Waals surface area contributed by atoms with Gasteiger partial charge in [0.2, 0.25) is 15.0 Å². The Morgan fingerprint density at radius 3 is 2.70 bits per heavy atom. The number of carboxylic acids is 1. The number of aromatic nitrogens is 2. The number of halogens is 1. The smallest absolute Gasteiger partial charge is 0.335 e. The highest BCUT2D eigenvalue weighted by Crippen LogP contribution is 2.48. The SMILES string of the molecule is CO[C@@H]([C@@H]1CCC[C@H](S(=O)(=O)c2ncccn2)C1)[C@@H]1CC[C@H]1CN1C[C@@]2(CCCc3cc(Cl)ccc32)COc2ccc(C(=O)O)cc21. The van der Waals surface area contributed by atoms with Crippen LogP contribution in [-0.4, -0.2) is 67.6 Å². The second-order valence-corrected chi connectivity index (χ2v) is 16.5. The van der Waals surface area contributed by atoms with Crippen molar-refractivity contribution in [2.75, 3.05) is 31.7 Å². The van der Waals surface area contributed by atoms with E-state index in [-0.39, 0.29) is 34.1 Å². The van der Waals surface area contributed by atoms with Crippen molar-refractivity contribution in [2.45, 2.75) is 79.7 Å². The second-order valence-electron chi connectivity index (χ2n) is 13.9. The van der Waals surface area contributed by atoms with E-state index in [4.69, 9.17) is 21.1 Å². The Kier molecular flexibility index (Phi) is 8.95. The van der Waals surface area contributed by atoms with E-state index in [0.717, 1.165) is 62.2 Å². The van der Waals surface area contributed by atoms with Crippen LogP contribution in [0.25, 0.3) is 0 Å². The summed E-state index contributed by atoms with van der Waals surface area (Å²) in [6, 6.07) is 13.0. The number of rotatable bonds is 8. The third-order valence-electron chi connectivity index (χ3n) is 11.3. The van der Waals surface area contributed by atoms with Crippen LogP contribution in [0.2, 0.25) is 5.02 Å². The first-order valence-corrected chi connectivity index (χ1v) is 18.7. The van der Waals surface area contributed by atoms with Crippen LogP contribution in [0.3, 0.4) is 0 Å². The van der Waals surface area contributed by atoms with Crippen molar-refractivity contribution in [1.82, 2.24) is 9.97 Å². The minimum absolute atomic E-state index is 0.0667. The molecule has 1 N–H and O–H groups in total. The number of benzene rings is 2. The van der Waals surface area contributed by atoms with E-state index < -0.39 is 21.1 Å². The number of fused-ring (bicyclic) bond motifs is 3.